The van der Waals surface area contributed by atoms with Crippen LogP contribution in [0.25, 0.3) is 0 Å². The minimum atomic E-state index is 0.521. The third-order valence-electron chi connectivity index (χ3n) is 4.78. The Hall–Kier alpha value is -2.50. The molecule has 0 saturated heterocycles. The van der Waals surface area contributed by atoms with Crippen molar-refractivity contribution in [3.05, 3.63) is 36.2 Å². The molecular formula is C21H30N4O2. The fourth-order valence-corrected chi connectivity index (χ4v) is 3.38. The van der Waals surface area contributed by atoms with Crippen molar-refractivity contribution >= 4 is 11.6 Å². The molecule has 27 heavy (non-hydrogen) atoms. The van der Waals surface area contributed by atoms with Gasteiger partial charge in [0, 0.05) is 12.1 Å². The quantitative estimate of drug-likeness (QED) is 0.530. The van der Waals surface area contributed by atoms with Crippen LogP contribution in [0.15, 0.2) is 30.3 Å². The van der Waals surface area contributed by atoms with Gasteiger partial charge < -0.3 is 20.1 Å². The zero-order valence-corrected chi connectivity index (χ0v) is 16.3. The molecule has 2 N–H and O–H groups in total. The summed E-state index contributed by atoms with van der Waals surface area (Å²) < 4.78 is 10.9. The first kappa shape index (κ1) is 19.3. The molecule has 6 heteroatoms. The van der Waals surface area contributed by atoms with E-state index in [1.807, 2.05) is 37.3 Å². The van der Waals surface area contributed by atoms with Crippen LogP contribution in [0.2, 0.25) is 0 Å². The van der Waals surface area contributed by atoms with E-state index in [0.717, 1.165) is 29.0 Å². The largest absolute Gasteiger partial charge is 0.497 e. The molecule has 0 unspecified atom stereocenters. The van der Waals surface area contributed by atoms with E-state index in [2.05, 4.69) is 20.6 Å². The Bertz CT molecular complexity index is 698. The first-order chi connectivity index (χ1) is 13.2. The summed E-state index contributed by atoms with van der Waals surface area (Å²) in [6, 6.07) is 10.1. The Morgan fingerprint density at radius 2 is 1.63 bits per heavy atom. The van der Waals surface area contributed by atoms with Gasteiger partial charge in [0.2, 0.25) is 0 Å². The molecule has 0 amide bonds. The second kappa shape index (κ2) is 10.00. The molecule has 6 nitrogen and oxygen atoms in total. The fourth-order valence-electron chi connectivity index (χ4n) is 3.38. The van der Waals surface area contributed by atoms with Crippen LogP contribution in [0.4, 0.5) is 11.6 Å². The number of benzene rings is 1. The summed E-state index contributed by atoms with van der Waals surface area (Å²) in [6.45, 7) is 3.16. The highest BCUT2D eigenvalue weighted by molar-refractivity contribution is 5.48. The lowest BCUT2D eigenvalue weighted by molar-refractivity contribution is 0.331. The molecule has 3 rings (SSSR count). The number of nitrogens with one attached hydrogen (secondary N) is 2. The van der Waals surface area contributed by atoms with Crippen LogP contribution in [-0.2, 0) is 0 Å². The Labute approximate surface area is 161 Å². The molecule has 0 radical (unpaired) electrons. The Kier molecular flexibility index (Phi) is 7.13. The molecule has 1 saturated carbocycles. The van der Waals surface area contributed by atoms with Crippen molar-refractivity contribution in [3.8, 4) is 11.5 Å². The lowest BCUT2D eigenvalue weighted by Gasteiger charge is -2.18. The van der Waals surface area contributed by atoms with Crippen molar-refractivity contribution < 1.29 is 9.47 Å². The lowest BCUT2D eigenvalue weighted by Crippen LogP contribution is -2.20. The van der Waals surface area contributed by atoms with Crippen molar-refractivity contribution in [3.63, 3.8) is 0 Å². The van der Waals surface area contributed by atoms with Gasteiger partial charge in [0.25, 0.3) is 0 Å². The third kappa shape index (κ3) is 6.31. The highest BCUT2D eigenvalue weighted by Crippen LogP contribution is 2.21. The second-order valence-corrected chi connectivity index (χ2v) is 6.97. The van der Waals surface area contributed by atoms with Crippen molar-refractivity contribution in [1.82, 2.24) is 9.97 Å². The first-order valence-corrected chi connectivity index (χ1v) is 9.86. The van der Waals surface area contributed by atoms with Gasteiger partial charge in [-0.05, 0) is 44.0 Å². The Morgan fingerprint density at radius 1 is 0.963 bits per heavy atom. The van der Waals surface area contributed by atoms with Crippen molar-refractivity contribution in [2.75, 3.05) is 30.9 Å². The van der Waals surface area contributed by atoms with Crippen molar-refractivity contribution in [2.24, 2.45) is 0 Å². The second-order valence-electron chi connectivity index (χ2n) is 6.97. The number of ether oxygens (including phenoxy) is 2. The van der Waals surface area contributed by atoms with Crippen molar-refractivity contribution in [1.29, 1.82) is 0 Å². The van der Waals surface area contributed by atoms with E-state index in [1.165, 1.54) is 38.5 Å². The van der Waals surface area contributed by atoms with Crippen LogP contribution in [0.5, 0.6) is 11.5 Å². The molecule has 1 heterocycles. The Morgan fingerprint density at radius 3 is 2.33 bits per heavy atom. The third-order valence-corrected chi connectivity index (χ3v) is 4.78. The standard InChI is InChI=1S/C21H30N4O2/c1-16-23-20(15-21(24-16)25-17-7-5-3-4-6-8-17)22-13-14-27-19-11-9-18(26-2)10-12-19/h9-12,15,17H,3-8,13-14H2,1-2H3,(H2,22,23,24,25). The summed E-state index contributed by atoms with van der Waals surface area (Å²) in [5.41, 5.74) is 0. The zero-order chi connectivity index (χ0) is 18.9. The van der Waals surface area contributed by atoms with E-state index in [4.69, 9.17) is 9.47 Å². The summed E-state index contributed by atoms with van der Waals surface area (Å²) >= 11 is 0. The molecule has 0 aliphatic heterocycles. The topological polar surface area (TPSA) is 68.3 Å². The molecule has 1 aliphatic rings. The van der Waals surface area contributed by atoms with E-state index in [1.54, 1.807) is 7.11 Å². The van der Waals surface area contributed by atoms with Crippen LogP contribution in [0.3, 0.4) is 0 Å². The van der Waals surface area contributed by atoms with Gasteiger partial charge in [-0.1, -0.05) is 25.7 Å². The number of nitrogens with zero attached hydrogens (tertiary/aromatic N) is 2. The van der Waals surface area contributed by atoms with Gasteiger partial charge in [0.1, 0.15) is 35.6 Å². The maximum atomic E-state index is 5.75. The summed E-state index contributed by atoms with van der Waals surface area (Å²) in [4.78, 5) is 9.02. The van der Waals surface area contributed by atoms with Gasteiger partial charge in [-0.3, -0.25) is 0 Å². The molecule has 1 aromatic heterocycles. The molecule has 0 bridgehead atoms. The monoisotopic (exact) mass is 370 g/mol. The van der Waals surface area contributed by atoms with E-state index in [0.29, 0.717) is 19.2 Å². The van der Waals surface area contributed by atoms with Gasteiger partial charge in [-0.2, -0.15) is 0 Å². The number of hydrogen-bond acceptors (Lipinski definition) is 6. The van der Waals surface area contributed by atoms with E-state index in [-0.39, 0.29) is 0 Å². The molecular weight excluding hydrogens is 340 g/mol. The zero-order valence-electron chi connectivity index (χ0n) is 16.3. The van der Waals surface area contributed by atoms with Crippen LogP contribution in [-0.4, -0.2) is 36.3 Å². The molecule has 146 valence electrons. The minimum absolute atomic E-state index is 0.521. The molecule has 0 spiro atoms. The highest BCUT2D eigenvalue weighted by Gasteiger charge is 2.13. The molecule has 0 atom stereocenters. The number of methoxy groups -OCH3 is 1. The minimum Gasteiger partial charge on any atom is -0.497 e. The van der Waals surface area contributed by atoms with Gasteiger partial charge in [0.05, 0.1) is 13.7 Å². The number of aryl methyl sites for hydroxylation is 1. The van der Waals surface area contributed by atoms with E-state index < -0.39 is 0 Å². The normalized spacial score (nSPS) is 15.0. The average Bonchev–Trinajstić information content (AvgIpc) is 2.94. The van der Waals surface area contributed by atoms with Crippen LogP contribution < -0.4 is 20.1 Å². The van der Waals surface area contributed by atoms with Gasteiger partial charge in [0.15, 0.2) is 0 Å². The fraction of sp³-hybridized carbons (Fsp3) is 0.524. The molecule has 2 aromatic rings. The van der Waals surface area contributed by atoms with Crippen LogP contribution >= 0.6 is 0 Å². The van der Waals surface area contributed by atoms with E-state index >= 15 is 0 Å². The van der Waals surface area contributed by atoms with Gasteiger partial charge in [-0.15, -0.1) is 0 Å². The molecule has 1 fully saturated rings. The number of hydrogen-bond donors (Lipinski definition) is 2. The van der Waals surface area contributed by atoms with Crippen molar-refractivity contribution in [2.45, 2.75) is 51.5 Å². The SMILES string of the molecule is COc1ccc(OCCNc2cc(NC3CCCCCC3)nc(C)n2)cc1. The van der Waals surface area contributed by atoms with Crippen LogP contribution in [0.1, 0.15) is 44.3 Å². The number of anilines is 2. The maximum absolute atomic E-state index is 5.75. The first-order valence-electron chi connectivity index (χ1n) is 9.86. The summed E-state index contributed by atoms with van der Waals surface area (Å²) in [5.74, 6) is 4.16. The number of rotatable bonds is 8. The Balaban J connectivity index is 1.48. The lowest BCUT2D eigenvalue weighted by atomic mass is 10.1. The summed E-state index contributed by atoms with van der Waals surface area (Å²) in [5, 5.41) is 6.92. The predicted octanol–water partition coefficient (Wildman–Crippen LogP) is 4.42. The highest BCUT2D eigenvalue weighted by atomic mass is 16.5. The van der Waals surface area contributed by atoms with E-state index in [9.17, 15) is 0 Å². The predicted molar refractivity (Wildman–Crippen MR) is 109 cm³/mol. The van der Waals surface area contributed by atoms with Gasteiger partial charge >= 0.3 is 0 Å². The average molecular weight is 370 g/mol. The maximum Gasteiger partial charge on any atom is 0.132 e. The summed E-state index contributed by atoms with van der Waals surface area (Å²) in [6.07, 6.45) is 7.75. The number of aromatic nitrogens is 2. The summed E-state index contributed by atoms with van der Waals surface area (Å²) in [7, 11) is 1.66. The van der Waals surface area contributed by atoms with Crippen LogP contribution in [0, 0.1) is 6.92 Å². The van der Waals surface area contributed by atoms with Gasteiger partial charge in [-0.25, -0.2) is 9.97 Å². The smallest absolute Gasteiger partial charge is 0.132 e. The molecule has 1 aliphatic carbocycles. The molecule has 1 aromatic carbocycles.